The first-order chi connectivity index (χ1) is 11.7. The molecule has 0 spiro atoms. The van der Waals surface area contributed by atoms with Crippen LogP contribution in [-0.4, -0.2) is 16.6 Å². The summed E-state index contributed by atoms with van der Waals surface area (Å²) < 4.78 is 6.64. The molecule has 0 bridgehead atoms. The Kier molecular flexibility index (Phi) is 5.58. The quantitative estimate of drug-likeness (QED) is 0.590. The van der Waals surface area contributed by atoms with Crippen molar-refractivity contribution >= 4 is 44.7 Å². The van der Waals surface area contributed by atoms with Gasteiger partial charge in [0.1, 0.15) is 5.52 Å². The van der Waals surface area contributed by atoms with Gasteiger partial charge in [-0.3, -0.25) is 4.79 Å². The van der Waals surface area contributed by atoms with Crippen LogP contribution < -0.4 is 5.32 Å². The smallest absolute Gasteiger partial charge is 0.257 e. The van der Waals surface area contributed by atoms with Gasteiger partial charge in [0.25, 0.3) is 5.22 Å². The molecule has 0 saturated heterocycles. The highest BCUT2D eigenvalue weighted by Gasteiger charge is 2.14. The van der Waals surface area contributed by atoms with E-state index in [-0.39, 0.29) is 17.7 Å². The van der Waals surface area contributed by atoms with E-state index in [1.165, 1.54) is 11.8 Å². The maximum Gasteiger partial charge on any atom is 0.257 e. The highest BCUT2D eigenvalue weighted by atomic mass is 79.9. The van der Waals surface area contributed by atoms with Gasteiger partial charge in [-0.05, 0) is 36.2 Å². The van der Waals surface area contributed by atoms with Crippen LogP contribution in [-0.2, 0) is 4.79 Å². The summed E-state index contributed by atoms with van der Waals surface area (Å²) in [5, 5.41) is 3.58. The lowest BCUT2D eigenvalue weighted by atomic mass is 10.0. The summed E-state index contributed by atoms with van der Waals surface area (Å²) in [6.45, 7) is 2.06. The molecule has 0 fully saturated rings. The Balaban J connectivity index is 1.58. The summed E-state index contributed by atoms with van der Waals surface area (Å²) in [4.78, 5) is 16.6. The number of amides is 1. The molecule has 3 rings (SSSR count). The van der Waals surface area contributed by atoms with E-state index in [2.05, 4.69) is 33.2 Å². The number of carbonyl (C=O) groups is 1. The molecule has 4 nitrogen and oxygen atoms in total. The fraction of sp³-hybridized carbons (Fsp3) is 0.222. The fourth-order valence-corrected chi connectivity index (χ4v) is 3.31. The van der Waals surface area contributed by atoms with Crippen molar-refractivity contribution < 1.29 is 9.21 Å². The van der Waals surface area contributed by atoms with Gasteiger partial charge in [0.15, 0.2) is 5.58 Å². The summed E-state index contributed by atoms with van der Waals surface area (Å²) in [6, 6.07) is 15.6. The Morgan fingerprint density at radius 3 is 2.71 bits per heavy atom. The van der Waals surface area contributed by atoms with E-state index in [0.717, 1.165) is 27.6 Å². The number of hydrogen-bond donors (Lipinski definition) is 1. The molecule has 1 atom stereocenters. The lowest BCUT2D eigenvalue weighted by Crippen LogP contribution is -2.29. The van der Waals surface area contributed by atoms with E-state index >= 15 is 0 Å². The van der Waals surface area contributed by atoms with Crippen LogP contribution in [0.5, 0.6) is 0 Å². The molecule has 1 N–H and O–H groups in total. The molecule has 6 heteroatoms. The number of halogens is 1. The number of thioether (sulfide) groups is 1. The van der Waals surface area contributed by atoms with Gasteiger partial charge in [0.2, 0.25) is 5.91 Å². The molecule has 1 unspecified atom stereocenters. The van der Waals surface area contributed by atoms with Crippen LogP contribution >= 0.6 is 27.7 Å². The molecule has 0 aliphatic carbocycles. The molecule has 1 amide bonds. The van der Waals surface area contributed by atoms with Crippen molar-refractivity contribution in [1.82, 2.24) is 10.3 Å². The van der Waals surface area contributed by atoms with Crippen LogP contribution in [0.1, 0.15) is 24.9 Å². The van der Waals surface area contributed by atoms with E-state index in [4.69, 9.17) is 4.42 Å². The van der Waals surface area contributed by atoms with E-state index in [9.17, 15) is 4.79 Å². The Morgan fingerprint density at radius 1 is 1.25 bits per heavy atom. The Hall–Kier alpha value is -1.79. The number of oxazole rings is 1. The van der Waals surface area contributed by atoms with Crippen LogP contribution in [0, 0.1) is 0 Å². The van der Waals surface area contributed by atoms with Gasteiger partial charge < -0.3 is 9.73 Å². The predicted octanol–water partition coefficient (Wildman–Crippen LogP) is 4.95. The third-order valence-electron chi connectivity index (χ3n) is 3.62. The SMILES string of the molecule is CCC(NC(=O)CSc1nc2ccccc2o1)c1ccc(Br)cc1. The van der Waals surface area contributed by atoms with Crippen LogP contribution in [0.2, 0.25) is 0 Å². The number of hydrogen-bond acceptors (Lipinski definition) is 4. The van der Waals surface area contributed by atoms with Crippen molar-refractivity contribution in [3.05, 3.63) is 58.6 Å². The molecule has 2 aromatic carbocycles. The second kappa shape index (κ2) is 7.85. The number of nitrogens with one attached hydrogen (secondary N) is 1. The summed E-state index contributed by atoms with van der Waals surface area (Å²) in [7, 11) is 0. The number of nitrogens with zero attached hydrogens (tertiary/aromatic N) is 1. The molecule has 124 valence electrons. The lowest BCUT2D eigenvalue weighted by molar-refractivity contribution is -0.119. The van der Waals surface area contributed by atoms with Gasteiger partial charge in [-0.2, -0.15) is 0 Å². The maximum absolute atomic E-state index is 12.2. The van der Waals surface area contributed by atoms with Crippen LogP contribution in [0.25, 0.3) is 11.1 Å². The molecule has 0 aliphatic heterocycles. The van der Waals surface area contributed by atoms with Crippen molar-refractivity contribution in [3.63, 3.8) is 0 Å². The zero-order chi connectivity index (χ0) is 16.9. The van der Waals surface area contributed by atoms with Crippen molar-refractivity contribution in [2.75, 3.05) is 5.75 Å². The summed E-state index contributed by atoms with van der Waals surface area (Å²) in [5.74, 6) is 0.247. The number of benzene rings is 2. The van der Waals surface area contributed by atoms with Crippen molar-refractivity contribution in [1.29, 1.82) is 0 Å². The molecule has 24 heavy (non-hydrogen) atoms. The lowest BCUT2D eigenvalue weighted by Gasteiger charge is -2.17. The van der Waals surface area contributed by atoms with Gasteiger partial charge in [0.05, 0.1) is 11.8 Å². The topological polar surface area (TPSA) is 55.1 Å². The van der Waals surface area contributed by atoms with E-state index < -0.39 is 0 Å². The molecule has 3 aromatic rings. The van der Waals surface area contributed by atoms with Crippen molar-refractivity contribution in [2.45, 2.75) is 24.6 Å². The minimum Gasteiger partial charge on any atom is -0.431 e. The molecule has 1 heterocycles. The monoisotopic (exact) mass is 404 g/mol. The number of aromatic nitrogens is 1. The maximum atomic E-state index is 12.2. The fourth-order valence-electron chi connectivity index (χ4n) is 2.39. The zero-order valence-corrected chi connectivity index (χ0v) is 15.6. The third kappa shape index (κ3) is 4.19. The van der Waals surface area contributed by atoms with E-state index in [1.54, 1.807) is 0 Å². The van der Waals surface area contributed by atoms with Gasteiger partial charge in [-0.25, -0.2) is 4.98 Å². The van der Waals surface area contributed by atoms with E-state index in [1.807, 2.05) is 48.5 Å². The number of fused-ring (bicyclic) bond motifs is 1. The van der Waals surface area contributed by atoms with Crippen LogP contribution in [0.15, 0.2) is 62.6 Å². The molecule has 0 aliphatic rings. The third-order valence-corrected chi connectivity index (χ3v) is 4.97. The number of rotatable bonds is 6. The van der Waals surface area contributed by atoms with Crippen molar-refractivity contribution in [2.24, 2.45) is 0 Å². The predicted molar refractivity (Wildman–Crippen MR) is 100 cm³/mol. The Morgan fingerprint density at radius 2 is 2.00 bits per heavy atom. The second-order valence-corrected chi connectivity index (χ2v) is 7.16. The molecule has 0 radical (unpaired) electrons. The highest BCUT2D eigenvalue weighted by molar-refractivity contribution is 9.10. The van der Waals surface area contributed by atoms with Crippen LogP contribution in [0.3, 0.4) is 0 Å². The average molecular weight is 405 g/mol. The average Bonchev–Trinajstić information content (AvgIpc) is 3.02. The van der Waals surface area contributed by atoms with Gasteiger partial charge in [-0.1, -0.05) is 58.9 Å². The molecule has 0 saturated carbocycles. The van der Waals surface area contributed by atoms with Crippen molar-refractivity contribution in [3.8, 4) is 0 Å². The first-order valence-corrected chi connectivity index (χ1v) is 9.46. The summed E-state index contributed by atoms with van der Waals surface area (Å²) in [6.07, 6.45) is 0.834. The number of carbonyl (C=O) groups excluding carboxylic acids is 1. The first-order valence-electron chi connectivity index (χ1n) is 7.69. The Bertz CT molecular complexity index is 799. The first kappa shape index (κ1) is 17.0. The van der Waals surface area contributed by atoms with Crippen LogP contribution in [0.4, 0.5) is 0 Å². The number of para-hydroxylation sites is 2. The van der Waals surface area contributed by atoms with Gasteiger partial charge in [-0.15, -0.1) is 0 Å². The molecular weight excluding hydrogens is 388 g/mol. The largest absolute Gasteiger partial charge is 0.431 e. The minimum absolute atomic E-state index is 0.00910. The minimum atomic E-state index is -0.0305. The summed E-state index contributed by atoms with van der Waals surface area (Å²) >= 11 is 4.73. The second-order valence-electron chi connectivity index (χ2n) is 5.32. The highest BCUT2D eigenvalue weighted by Crippen LogP contribution is 2.24. The summed E-state index contributed by atoms with van der Waals surface area (Å²) in [5.41, 5.74) is 2.64. The standard InChI is InChI=1S/C18H17BrN2O2S/c1-2-14(12-7-9-13(19)10-8-12)20-17(22)11-24-18-21-15-5-3-4-6-16(15)23-18/h3-10,14H,2,11H2,1H3,(H,20,22). The Labute approximate surface area is 153 Å². The normalized spacial score (nSPS) is 12.2. The van der Waals surface area contributed by atoms with Gasteiger partial charge >= 0.3 is 0 Å². The zero-order valence-electron chi connectivity index (χ0n) is 13.2. The molecule has 1 aromatic heterocycles. The molecular formula is C18H17BrN2O2S. The van der Waals surface area contributed by atoms with Gasteiger partial charge in [0, 0.05) is 4.47 Å². The van der Waals surface area contributed by atoms with E-state index in [0.29, 0.717) is 5.22 Å².